The van der Waals surface area contributed by atoms with Gasteiger partial charge >= 0.3 is 0 Å². The number of aromatic amines is 1. The third-order valence-electron chi connectivity index (χ3n) is 7.99. The van der Waals surface area contributed by atoms with Crippen molar-refractivity contribution in [2.75, 3.05) is 6.61 Å². The molecule has 0 bridgehead atoms. The summed E-state index contributed by atoms with van der Waals surface area (Å²) in [5.41, 5.74) is 5.68. The number of nitrogens with one attached hydrogen (secondary N) is 1. The van der Waals surface area contributed by atoms with Crippen LogP contribution in [0.25, 0.3) is 60.5 Å². The van der Waals surface area contributed by atoms with Crippen molar-refractivity contribution in [2.45, 2.75) is 19.6 Å². The largest absolute Gasteiger partial charge is 0.494 e. The van der Waals surface area contributed by atoms with Gasteiger partial charge in [0.2, 0.25) is 0 Å². The maximum Gasteiger partial charge on any atom is 0.197 e. The lowest BCUT2D eigenvalue weighted by Gasteiger charge is -2.15. The SMILES string of the molecule is OCC1Cn2c3ccccc3c3c4c[nH]c(O)c4c4c5cc(/C=C/Cn6ccnc6)ccc5n(c4c32)C1. The number of imidazole rings is 1. The molecule has 3 N–H and O–H groups in total. The van der Waals surface area contributed by atoms with Gasteiger partial charge in [-0.1, -0.05) is 36.4 Å². The zero-order chi connectivity index (χ0) is 24.7. The Hall–Kier alpha value is -4.49. The number of fused-ring (bicyclic) bond motifs is 9. The molecular formula is C30H25N5O2. The normalized spacial score (nSPS) is 16.0. The van der Waals surface area contributed by atoms with Gasteiger partial charge in [0.25, 0.3) is 0 Å². The van der Waals surface area contributed by atoms with Gasteiger partial charge in [-0.2, -0.15) is 0 Å². The lowest BCUT2D eigenvalue weighted by atomic mass is 10.0. The number of aliphatic hydroxyl groups is 1. The first-order valence-electron chi connectivity index (χ1n) is 12.6. The molecule has 1 unspecified atom stereocenters. The highest BCUT2D eigenvalue weighted by Crippen LogP contribution is 2.48. The Bertz CT molecular complexity index is 2020. The van der Waals surface area contributed by atoms with Crippen molar-refractivity contribution in [3.63, 3.8) is 0 Å². The molecular weight excluding hydrogens is 462 g/mol. The lowest BCUT2D eigenvalue weighted by Crippen LogP contribution is -2.18. The quantitative estimate of drug-likeness (QED) is 0.301. The predicted octanol–water partition coefficient (Wildman–Crippen LogP) is 5.62. The van der Waals surface area contributed by atoms with E-state index in [0.717, 1.165) is 62.1 Å². The highest BCUT2D eigenvalue weighted by molar-refractivity contribution is 6.36. The average Bonchev–Trinajstić information content (AvgIpc) is 3.67. The number of H-pyrrole nitrogens is 1. The fraction of sp³-hybridized carbons (Fsp3) is 0.167. The Morgan fingerprint density at radius 1 is 0.946 bits per heavy atom. The van der Waals surface area contributed by atoms with Gasteiger partial charge in [-0.3, -0.25) is 0 Å². The molecule has 0 spiro atoms. The van der Waals surface area contributed by atoms with E-state index in [1.807, 2.05) is 23.3 Å². The summed E-state index contributed by atoms with van der Waals surface area (Å²) in [6.45, 7) is 2.33. The number of hydrogen-bond acceptors (Lipinski definition) is 3. The van der Waals surface area contributed by atoms with Crippen LogP contribution in [0.2, 0.25) is 0 Å². The van der Waals surface area contributed by atoms with Crippen LogP contribution in [-0.2, 0) is 19.6 Å². The number of aromatic hydroxyl groups is 1. The van der Waals surface area contributed by atoms with E-state index in [-0.39, 0.29) is 18.4 Å². The molecule has 37 heavy (non-hydrogen) atoms. The van der Waals surface area contributed by atoms with Gasteiger partial charge in [-0.15, -0.1) is 0 Å². The van der Waals surface area contributed by atoms with Crippen LogP contribution in [0.5, 0.6) is 5.88 Å². The van der Waals surface area contributed by atoms with Gasteiger partial charge in [0.05, 0.1) is 22.7 Å². The zero-order valence-corrected chi connectivity index (χ0v) is 20.1. The number of rotatable bonds is 4. The van der Waals surface area contributed by atoms with Crippen LogP contribution in [0.3, 0.4) is 0 Å². The maximum atomic E-state index is 11.1. The Labute approximate surface area is 211 Å². The summed E-state index contributed by atoms with van der Waals surface area (Å²) in [4.78, 5) is 7.22. The van der Waals surface area contributed by atoms with Crippen molar-refractivity contribution in [1.29, 1.82) is 0 Å². The first-order chi connectivity index (χ1) is 18.2. The van der Waals surface area contributed by atoms with Crippen LogP contribution in [0.4, 0.5) is 0 Å². The number of benzene rings is 3. The van der Waals surface area contributed by atoms with Crippen molar-refractivity contribution in [3.8, 4) is 5.88 Å². The van der Waals surface area contributed by atoms with Crippen molar-refractivity contribution in [3.05, 3.63) is 79.0 Å². The smallest absolute Gasteiger partial charge is 0.197 e. The van der Waals surface area contributed by atoms with Crippen LogP contribution < -0.4 is 0 Å². The maximum absolute atomic E-state index is 11.1. The van der Waals surface area contributed by atoms with Crippen LogP contribution >= 0.6 is 0 Å². The van der Waals surface area contributed by atoms with Gasteiger partial charge in [-0.25, -0.2) is 4.98 Å². The Morgan fingerprint density at radius 2 is 1.76 bits per heavy atom. The van der Waals surface area contributed by atoms with Crippen LogP contribution in [0, 0.1) is 5.92 Å². The topological polar surface area (TPSA) is 83.9 Å². The van der Waals surface area contributed by atoms with Crippen molar-refractivity contribution < 1.29 is 10.2 Å². The van der Waals surface area contributed by atoms with Crippen molar-refractivity contribution in [1.82, 2.24) is 23.7 Å². The molecule has 1 aliphatic heterocycles. The summed E-state index contributed by atoms with van der Waals surface area (Å²) < 4.78 is 6.77. The lowest BCUT2D eigenvalue weighted by molar-refractivity contribution is 0.201. The molecule has 0 aliphatic carbocycles. The van der Waals surface area contributed by atoms with Crippen LogP contribution in [-0.4, -0.2) is 40.5 Å². The minimum absolute atomic E-state index is 0.0782. The number of nitrogens with zero attached hydrogens (tertiary/aromatic N) is 4. The standard InChI is InChI=1S/C30H25N5O2/c36-16-19-14-34-23-6-2-1-5-20(23)25-22-13-32-30(37)27(22)26-21-12-18(4-3-10-33-11-9-31-17-33)7-8-24(21)35(15-19)29(26)28(25)34/h1-9,11-13,17,19,32,36-37H,10,14-16H2/b4-3+. The van der Waals surface area contributed by atoms with Crippen LogP contribution in [0.1, 0.15) is 5.56 Å². The molecule has 5 heterocycles. The van der Waals surface area contributed by atoms with E-state index in [2.05, 4.69) is 73.7 Å². The molecule has 0 saturated carbocycles. The molecule has 1 atom stereocenters. The molecule has 4 aromatic heterocycles. The summed E-state index contributed by atoms with van der Waals surface area (Å²) in [6, 6.07) is 15.0. The van der Waals surface area contributed by atoms with E-state index < -0.39 is 0 Å². The highest BCUT2D eigenvalue weighted by Gasteiger charge is 2.29. The van der Waals surface area contributed by atoms with E-state index in [1.165, 1.54) is 10.9 Å². The van der Waals surface area contributed by atoms with Gasteiger partial charge in [-0.05, 0) is 23.8 Å². The van der Waals surface area contributed by atoms with E-state index in [1.54, 1.807) is 6.20 Å². The molecule has 7 nitrogen and oxygen atoms in total. The van der Waals surface area contributed by atoms with Gasteiger partial charge in [0.15, 0.2) is 5.88 Å². The van der Waals surface area contributed by atoms with Crippen molar-refractivity contribution in [2.24, 2.45) is 5.92 Å². The third-order valence-corrected chi connectivity index (χ3v) is 7.99. The summed E-state index contributed by atoms with van der Waals surface area (Å²) in [7, 11) is 0. The third kappa shape index (κ3) is 2.77. The Morgan fingerprint density at radius 3 is 2.57 bits per heavy atom. The summed E-state index contributed by atoms with van der Waals surface area (Å²) in [5, 5.41) is 27.8. The molecule has 0 saturated heterocycles. The Kier molecular flexibility index (Phi) is 4.19. The highest BCUT2D eigenvalue weighted by atomic mass is 16.3. The van der Waals surface area contributed by atoms with Gasteiger partial charge in [0.1, 0.15) is 0 Å². The van der Waals surface area contributed by atoms with E-state index in [4.69, 9.17) is 0 Å². The summed E-state index contributed by atoms with van der Waals surface area (Å²) >= 11 is 0. The molecule has 0 radical (unpaired) electrons. The number of hydrogen-bond donors (Lipinski definition) is 3. The number of aromatic nitrogens is 5. The number of aliphatic hydroxyl groups excluding tert-OH is 1. The minimum atomic E-state index is 0.0782. The second kappa shape index (κ2) is 7.51. The molecule has 7 heteroatoms. The fourth-order valence-corrected chi connectivity index (χ4v) is 6.43. The fourth-order valence-electron chi connectivity index (χ4n) is 6.43. The Balaban J connectivity index is 1.50. The monoisotopic (exact) mass is 487 g/mol. The molecule has 0 amide bonds. The van der Waals surface area contributed by atoms with E-state index in [9.17, 15) is 10.2 Å². The number of allylic oxidation sites excluding steroid dienone is 1. The average molecular weight is 488 g/mol. The van der Waals surface area contributed by atoms with E-state index >= 15 is 0 Å². The van der Waals surface area contributed by atoms with Gasteiger partial charge < -0.3 is 28.9 Å². The molecule has 3 aromatic carbocycles. The first kappa shape index (κ1) is 20.7. The second-order valence-corrected chi connectivity index (χ2v) is 10.1. The van der Waals surface area contributed by atoms with Crippen LogP contribution in [0.15, 0.2) is 73.5 Å². The zero-order valence-electron chi connectivity index (χ0n) is 20.1. The van der Waals surface area contributed by atoms with Gasteiger partial charge in [0, 0.05) is 88.7 Å². The minimum Gasteiger partial charge on any atom is -0.494 e. The summed E-state index contributed by atoms with van der Waals surface area (Å²) in [5.74, 6) is 0.270. The second-order valence-electron chi connectivity index (χ2n) is 10.1. The first-order valence-corrected chi connectivity index (χ1v) is 12.6. The van der Waals surface area contributed by atoms with E-state index in [0.29, 0.717) is 6.54 Å². The predicted molar refractivity (Wildman–Crippen MR) is 148 cm³/mol. The van der Waals surface area contributed by atoms with Crippen molar-refractivity contribution >= 4 is 60.5 Å². The molecule has 0 fully saturated rings. The summed E-state index contributed by atoms with van der Waals surface area (Å²) in [6.07, 6.45) is 11.7. The molecule has 182 valence electrons. The molecule has 1 aliphatic rings. The molecule has 7 aromatic rings. The number of para-hydroxylation sites is 1. The molecule has 8 rings (SSSR count).